The molecule has 2 N–H and O–H groups in total. The molecular weight excluding hydrogens is 212 g/mol. The fourth-order valence-electron chi connectivity index (χ4n) is 3.39. The largest absolute Gasteiger partial charge is 0.383 e. The summed E-state index contributed by atoms with van der Waals surface area (Å²) in [5.41, 5.74) is 6.28. The minimum atomic E-state index is 0.145. The summed E-state index contributed by atoms with van der Waals surface area (Å²) >= 11 is 0. The zero-order valence-corrected chi connectivity index (χ0v) is 11.3. The Balaban J connectivity index is 2.05. The van der Waals surface area contributed by atoms with Crippen molar-refractivity contribution in [1.82, 2.24) is 4.90 Å². The number of rotatable bonds is 5. The number of nitrogens with zero attached hydrogens (tertiary/aromatic N) is 1. The van der Waals surface area contributed by atoms with Crippen LogP contribution in [0.4, 0.5) is 0 Å². The van der Waals surface area contributed by atoms with Crippen molar-refractivity contribution in [2.45, 2.75) is 50.5 Å². The van der Waals surface area contributed by atoms with Crippen LogP contribution < -0.4 is 5.73 Å². The molecule has 0 aromatic rings. The Bertz CT molecular complexity index is 222. The number of hydrogen-bond donors (Lipinski definition) is 1. The molecule has 0 radical (unpaired) electrons. The summed E-state index contributed by atoms with van der Waals surface area (Å²) in [5, 5.41) is 0. The van der Waals surface area contributed by atoms with E-state index in [1.807, 2.05) is 7.11 Å². The SMILES string of the molecule is COCC(CN)(C1CC1)N1CCCCCCC1. The summed E-state index contributed by atoms with van der Waals surface area (Å²) in [5.74, 6) is 0.784. The Morgan fingerprint density at radius 2 is 1.71 bits per heavy atom. The second kappa shape index (κ2) is 6.17. The third-order valence-electron chi connectivity index (χ3n) is 4.57. The molecule has 1 atom stereocenters. The van der Waals surface area contributed by atoms with Crippen molar-refractivity contribution in [3.63, 3.8) is 0 Å². The number of likely N-dealkylation sites (tertiary alicyclic amines) is 1. The average Bonchev–Trinajstić information content (AvgIpc) is 3.10. The Labute approximate surface area is 106 Å². The van der Waals surface area contributed by atoms with Crippen LogP contribution in [-0.2, 0) is 4.74 Å². The second-order valence-corrected chi connectivity index (χ2v) is 5.77. The van der Waals surface area contributed by atoms with Crippen LogP contribution in [0.25, 0.3) is 0 Å². The lowest BCUT2D eigenvalue weighted by Gasteiger charge is -2.44. The average molecular weight is 240 g/mol. The normalized spacial score (nSPS) is 27.2. The smallest absolute Gasteiger partial charge is 0.0661 e. The summed E-state index contributed by atoms with van der Waals surface area (Å²) in [6.07, 6.45) is 9.53. The van der Waals surface area contributed by atoms with Gasteiger partial charge in [0.1, 0.15) is 0 Å². The highest BCUT2D eigenvalue weighted by Crippen LogP contribution is 2.43. The van der Waals surface area contributed by atoms with Crippen LogP contribution in [0, 0.1) is 5.92 Å². The maximum absolute atomic E-state index is 6.13. The Morgan fingerprint density at radius 3 is 2.18 bits per heavy atom. The summed E-state index contributed by atoms with van der Waals surface area (Å²) in [6.45, 7) is 4.01. The topological polar surface area (TPSA) is 38.5 Å². The molecule has 17 heavy (non-hydrogen) atoms. The van der Waals surface area contributed by atoms with Gasteiger partial charge in [-0.2, -0.15) is 0 Å². The van der Waals surface area contributed by atoms with Gasteiger partial charge < -0.3 is 10.5 Å². The molecular formula is C14H28N2O. The van der Waals surface area contributed by atoms with E-state index in [0.29, 0.717) is 0 Å². The van der Waals surface area contributed by atoms with E-state index in [9.17, 15) is 0 Å². The van der Waals surface area contributed by atoms with Gasteiger partial charge in [-0.3, -0.25) is 4.90 Å². The molecule has 0 spiro atoms. The van der Waals surface area contributed by atoms with E-state index in [0.717, 1.165) is 19.1 Å². The van der Waals surface area contributed by atoms with Gasteiger partial charge in [-0.25, -0.2) is 0 Å². The van der Waals surface area contributed by atoms with Gasteiger partial charge in [-0.05, 0) is 44.7 Å². The lowest BCUT2D eigenvalue weighted by Crippen LogP contribution is -2.59. The predicted molar refractivity (Wildman–Crippen MR) is 71.0 cm³/mol. The van der Waals surface area contributed by atoms with Gasteiger partial charge in [0, 0.05) is 13.7 Å². The molecule has 1 heterocycles. The maximum Gasteiger partial charge on any atom is 0.0661 e. The number of hydrogen-bond acceptors (Lipinski definition) is 3. The van der Waals surface area contributed by atoms with E-state index in [2.05, 4.69) is 4.90 Å². The molecule has 3 nitrogen and oxygen atoms in total. The zero-order valence-electron chi connectivity index (χ0n) is 11.3. The van der Waals surface area contributed by atoms with Crippen LogP contribution in [0.3, 0.4) is 0 Å². The zero-order chi connectivity index (χ0) is 12.1. The van der Waals surface area contributed by atoms with Crippen LogP contribution in [0.15, 0.2) is 0 Å². The standard InChI is InChI=1S/C14H28N2O/c1-17-12-14(11-15,13-7-8-13)16-9-5-3-2-4-6-10-16/h13H,2-12,15H2,1H3. The number of nitrogens with two attached hydrogens (primary N) is 1. The molecule has 2 fully saturated rings. The monoisotopic (exact) mass is 240 g/mol. The number of methoxy groups -OCH3 is 1. The fourth-order valence-corrected chi connectivity index (χ4v) is 3.39. The molecule has 1 saturated carbocycles. The van der Waals surface area contributed by atoms with E-state index < -0.39 is 0 Å². The molecule has 0 aromatic heterocycles. The van der Waals surface area contributed by atoms with Crippen molar-refractivity contribution in [3.05, 3.63) is 0 Å². The third kappa shape index (κ3) is 3.01. The van der Waals surface area contributed by atoms with Crippen LogP contribution in [0.1, 0.15) is 44.9 Å². The van der Waals surface area contributed by atoms with E-state index >= 15 is 0 Å². The lowest BCUT2D eigenvalue weighted by atomic mass is 9.90. The molecule has 2 rings (SSSR count). The lowest BCUT2D eigenvalue weighted by molar-refractivity contribution is -0.00506. The minimum Gasteiger partial charge on any atom is -0.383 e. The van der Waals surface area contributed by atoms with Gasteiger partial charge in [-0.15, -0.1) is 0 Å². The summed E-state index contributed by atoms with van der Waals surface area (Å²) in [4.78, 5) is 2.66. The van der Waals surface area contributed by atoms with Crippen molar-refractivity contribution in [3.8, 4) is 0 Å². The van der Waals surface area contributed by atoms with Crippen molar-refractivity contribution < 1.29 is 4.74 Å². The van der Waals surface area contributed by atoms with Gasteiger partial charge >= 0.3 is 0 Å². The van der Waals surface area contributed by atoms with Gasteiger partial charge in [-0.1, -0.05) is 19.3 Å². The van der Waals surface area contributed by atoms with Gasteiger partial charge in [0.15, 0.2) is 0 Å². The van der Waals surface area contributed by atoms with Crippen molar-refractivity contribution >= 4 is 0 Å². The predicted octanol–water partition coefficient (Wildman–Crippen LogP) is 2.01. The first kappa shape index (κ1) is 13.3. The molecule has 1 saturated heterocycles. The quantitative estimate of drug-likeness (QED) is 0.799. The molecule has 0 amide bonds. The fraction of sp³-hybridized carbons (Fsp3) is 1.00. The van der Waals surface area contributed by atoms with E-state index in [-0.39, 0.29) is 5.54 Å². The maximum atomic E-state index is 6.13. The van der Waals surface area contributed by atoms with Crippen LogP contribution in [-0.4, -0.2) is 43.8 Å². The molecule has 1 aliphatic carbocycles. The minimum absolute atomic E-state index is 0.145. The van der Waals surface area contributed by atoms with Crippen molar-refractivity contribution in [2.75, 3.05) is 33.4 Å². The summed E-state index contributed by atoms with van der Waals surface area (Å²) in [6, 6.07) is 0. The van der Waals surface area contributed by atoms with Crippen LogP contribution >= 0.6 is 0 Å². The van der Waals surface area contributed by atoms with E-state index in [1.54, 1.807) is 0 Å². The molecule has 1 aliphatic heterocycles. The third-order valence-corrected chi connectivity index (χ3v) is 4.57. The van der Waals surface area contributed by atoms with Crippen molar-refractivity contribution in [1.29, 1.82) is 0 Å². The van der Waals surface area contributed by atoms with Crippen molar-refractivity contribution in [2.24, 2.45) is 11.7 Å². The van der Waals surface area contributed by atoms with Crippen LogP contribution in [0.2, 0.25) is 0 Å². The van der Waals surface area contributed by atoms with E-state index in [4.69, 9.17) is 10.5 Å². The summed E-state index contributed by atoms with van der Waals surface area (Å²) < 4.78 is 5.50. The Hall–Kier alpha value is -0.120. The molecule has 3 heteroatoms. The van der Waals surface area contributed by atoms with E-state index in [1.165, 1.54) is 58.0 Å². The molecule has 100 valence electrons. The molecule has 1 unspecified atom stereocenters. The first-order chi connectivity index (χ1) is 8.33. The molecule has 0 bridgehead atoms. The second-order valence-electron chi connectivity index (χ2n) is 5.77. The van der Waals surface area contributed by atoms with Gasteiger partial charge in [0.05, 0.1) is 12.1 Å². The number of ether oxygens (including phenoxy) is 1. The summed E-state index contributed by atoms with van der Waals surface area (Å²) in [7, 11) is 1.82. The molecule has 2 aliphatic rings. The molecule has 0 aromatic carbocycles. The van der Waals surface area contributed by atoms with Crippen LogP contribution in [0.5, 0.6) is 0 Å². The first-order valence-corrected chi connectivity index (χ1v) is 7.27. The first-order valence-electron chi connectivity index (χ1n) is 7.27. The highest BCUT2D eigenvalue weighted by molar-refractivity contribution is 5.03. The van der Waals surface area contributed by atoms with Gasteiger partial charge in [0.25, 0.3) is 0 Å². The highest BCUT2D eigenvalue weighted by atomic mass is 16.5. The Kier molecular flexibility index (Phi) is 4.83. The highest BCUT2D eigenvalue weighted by Gasteiger charge is 2.48. The Morgan fingerprint density at radius 1 is 1.12 bits per heavy atom. The van der Waals surface area contributed by atoms with Gasteiger partial charge in [0.2, 0.25) is 0 Å².